The molecule has 0 amide bonds. The molecule has 9 N–H and O–H groups in total. The molecule has 1 aliphatic heterocycles. The number of sulfonamides is 1. The van der Waals surface area contributed by atoms with Crippen LogP contribution in [0.2, 0.25) is 0 Å². The first-order valence-electron chi connectivity index (χ1n) is 6.95. The van der Waals surface area contributed by atoms with Crippen LogP contribution in [0.1, 0.15) is 31.4 Å². The number of fused-ring (bicyclic) bond motifs is 1. The highest BCUT2D eigenvalue weighted by Gasteiger charge is 2.47. The Hall–Kier alpha value is -0.880. The molecule has 0 bridgehead atoms. The number of primary sulfonamides is 1. The van der Waals surface area contributed by atoms with Gasteiger partial charge in [-0.15, -0.1) is 11.3 Å². The monoisotopic (exact) mass is 434 g/mol. The molecule has 150 valence electrons. The predicted octanol–water partition coefficient (Wildman–Crippen LogP) is -3.04. The minimum absolute atomic E-state index is 0.136. The van der Waals surface area contributed by atoms with Gasteiger partial charge in [0.25, 0.3) is 16.0 Å². The fourth-order valence-electron chi connectivity index (χ4n) is 2.72. The highest BCUT2D eigenvalue weighted by atomic mass is 32.3. The average Bonchev–Trinajstić information content (AvgIpc) is 2.71. The summed E-state index contributed by atoms with van der Waals surface area (Å²) in [6.45, 7) is 0.892. The Balaban J connectivity index is 2.70. The van der Waals surface area contributed by atoms with E-state index in [-0.39, 0.29) is 11.3 Å². The molecular weight excluding hydrogens is 416 g/mol. The maximum atomic E-state index is 12.7. The van der Waals surface area contributed by atoms with E-state index in [0.29, 0.717) is 0 Å². The summed E-state index contributed by atoms with van der Waals surface area (Å²) < 4.78 is 47.0. The van der Waals surface area contributed by atoms with Gasteiger partial charge in [0.2, 0.25) is 5.91 Å². The van der Waals surface area contributed by atoms with Crippen molar-refractivity contribution in [1.82, 2.24) is 5.32 Å². The summed E-state index contributed by atoms with van der Waals surface area (Å²) in [4.78, 5) is 0. The molecule has 0 aromatic carbocycles. The average molecular weight is 434 g/mol. The Bertz CT molecular complexity index is 907. The first kappa shape index (κ1) is 21.4. The maximum Gasteiger partial charge on any atom is 0.276 e. The fourth-order valence-corrected chi connectivity index (χ4v) is 7.56. The number of aliphatic hydroxyl groups is 5. The van der Waals surface area contributed by atoms with Gasteiger partial charge >= 0.3 is 0 Å². The number of nitrogens with two attached hydrogens (primary N) is 1. The summed E-state index contributed by atoms with van der Waals surface area (Å²) in [6.07, 6.45) is -1.60. The number of hydrogen-bond donors (Lipinski definition) is 8. The van der Waals surface area contributed by atoms with Crippen LogP contribution in [0.4, 0.5) is 0 Å². The van der Waals surface area contributed by atoms with E-state index >= 15 is 0 Å². The van der Waals surface area contributed by atoms with Crippen molar-refractivity contribution < 1.29 is 47.5 Å². The van der Waals surface area contributed by atoms with Gasteiger partial charge in [-0.05, 0) is 6.42 Å². The summed E-state index contributed by atoms with van der Waals surface area (Å²) in [5.41, 5.74) is -0.441. The molecule has 2 atom stereocenters. The van der Waals surface area contributed by atoms with Crippen LogP contribution in [-0.2, 0) is 19.9 Å². The first-order chi connectivity index (χ1) is 11.4. The molecule has 1 aliphatic rings. The smallest absolute Gasteiger partial charge is 0.276 e. The van der Waals surface area contributed by atoms with E-state index < -0.39 is 75.6 Å². The van der Waals surface area contributed by atoms with Gasteiger partial charge in [0.15, 0.2) is 19.8 Å². The van der Waals surface area contributed by atoms with Gasteiger partial charge in [-0.1, -0.05) is 0 Å². The first-order valence-corrected chi connectivity index (χ1v) is 10.9. The zero-order chi connectivity index (χ0) is 20.3. The summed E-state index contributed by atoms with van der Waals surface area (Å²) in [5, 5.41) is 62.1. The predicted molar refractivity (Wildman–Crippen MR) is 85.7 cm³/mol. The molecule has 0 saturated carbocycles. The largest absolute Gasteiger partial charge is 0.505 e. The molecule has 0 radical (unpaired) electrons. The van der Waals surface area contributed by atoms with Gasteiger partial charge < -0.3 is 30.6 Å². The lowest BCUT2D eigenvalue weighted by atomic mass is 10.0. The molecule has 2 rings (SSSR count). The SMILES string of the molecule is CC(O)(O)NC1CC(CC(O)(O)O)S(=O)(=O)c2sc(S(N)(=O)=O)c(O)c21. The van der Waals surface area contributed by atoms with Crippen LogP contribution in [0, 0.1) is 0 Å². The summed E-state index contributed by atoms with van der Waals surface area (Å²) in [7, 11) is -8.91. The number of rotatable bonds is 5. The van der Waals surface area contributed by atoms with Crippen LogP contribution in [0.25, 0.3) is 0 Å². The van der Waals surface area contributed by atoms with Crippen molar-refractivity contribution in [2.45, 2.75) is 51.4 Å². The highest BCUT2D eigenvalue weighted by molar-refractivity contribution is 7.95. The maximum absolute atomic E-state index is 12.7. The standard InChI is InChI=1S/C11H18N2O10S3/c1-10(15,16)13-5-2-4(3-11(17,18)19)25(20,21)8-6(5)7(14)9(24-8)26(12,22)23/h4-5,13-19H,2-3H2,1H3,(H2,12,22,23). The second-order valence-electron chi connectivity index (χ2n) is 6.08. The molecule has 0 spiro atoms. The van der Waals surface area contributed by atoms with Crippen LogP contribution < -0.4 is 10.5 Å². The molecule has 0 aliphatic carbocycles. The van der Waals surface area contributed by atoms with Crippen LogP contribution >= 0.6 is 11.3 Å². The van der Waals surface area contributed by atoms with Gasteiger partial charge in [-0.25, -0.2) is 22.0 Å². The van der Waals surface area contributed by atoms with Crippen LogP contribution in [0.15, 0.2) is 8.42 Å². The van der Waals surface area contributed by atoms with Crippen molar-refractivity contribution in [3.8, 4) is 5.75 Å². The molecule has 26 heavy (non-hydrogen) atoms. The number of aromatic hydroxyl groups is 1. The number of sulfone groups is 1. The molecule has 2 heterocycles. The van der Waals surface area contributed by atoms with Crippen molar-refractivity contribution >= 4 is 31.2 Å². The normalized spacial score (nSPS) is 23.7. The quantitative estimate of drug-likeness (QED) is 0.217. The lowest BCUT2D eigenvalue weighted by molar-refractivity contribution is -0.314. The molecular formula is C11H18N2O10S3. The summed E-state index contributed by atoms with van der Waals surface area (Å²) in [5.74, 6) is -6.85. The van der Waals surface area contributed by atoms with Crippen molar-refractivity contribution in [3.63, 3.8) is 0 Å². The molecule has 15 heteroatoms. The number of hydrogen-bond acceptors (Lipinski definition) is 12. The fraction of sp³-hybridized carbons (Fsp3) is 0.636. The highest BCUT2D eigenvalue weighted by Crippen LogP contribution is 2.50. The van der Waals surface area contributed by atoms with Gasteiger partial charge in [-0.2, -0.15) is 0 Å². The van der Waals surface area contributed by atoms with E-state index in [1.165, 1.54) is 0 Å². The van der Waals surface area contributed by atoms with E-state index in [4.69, 9.17) is 20.5 Å². The van der Waals surface area contributed by atoms with E-state index in [2.05, 4.69) is 5.32 Å². The second-order valence-corrected chi connectivity index (χ2v) is 11.3. The van der Waals surface area contributed by atoms with Crippen LogP contribution in [0.5, 0.6) is 5.75 Å². The number of thiophene rings is 1. The minimum Gasteiger partial charge on any atom is -0.505 e. The number of nitrogens with one attached hydrogen (secondary N) is 1. The van der Waals surface area contributed by atoms with Crippen molar-refractivity contribution in [2.75, 3.05) is 0 Å². The molecule has 0 fully saturated rings. The van der Waals surface area contributed by atoms with Gasteiger partial charge in [0.05, 0.1) is 5.25 Å². The lowest BCUT2D eigenvalue weighted by Gasteiger charge is -2.34. The third-order valence-corrected chi connectivity index (χ3v) is 8.97. The molecule has 1 aromatic rings. The van der Waals surface area contributed by atoms with E-state index in [9.17, 15) is 32.2 Å². The van der Waals surface area contributed by atoms with Gasteiger partial charge in [0, 0.05) is 24.9 Å². The third-order valence-electron chi connectivity index (χ3n) is 3.61. The Morgan fingerprint density at radius 1 is 1.27 bits per heavy atom. The Morgan fingerprint density at radius 3 is 2.23 bits per heavy atom. The van der Waals surface area contributed by atoms with Crippen LogP contribution in [-0.4, -0.2) is 64.6 Å². The van der Waals surface area contributed by atoms with Gasteiger partial charge in [0.1, 0.15) is 4.21 Å². The van der Waals surface area contributed by atoms with Crippen LogP contribution in [0.3, 0.4) is 0 Å². The van der Waals surface area contributed by atoms with Crippen molar-refractivity contribution in [3.05, 3.63) is 5.56 Å². The summed E-state index contributed by atoms with van der Waals surface area (Å²) >= 11 is 0.136. The molecule has 2 unspecified atom stereocenters. The zero-order valence-corrected chi connectivity index (χ0v) is 15.6. The Morgan fingerprint density at radius 2 is 1.81 bits per heavy atom. The molecule has 12 nitrogen and oxygen atoms in total. The topological polar surface area (TPSA) is 228 Å². The van der Waals surface area contributed by atoms with E-state index in [1.807, 2.05) is 0 Å². The summed E-state index contributed by atoms with van der Waals surface area (Å²) in [6, 6.07) is -1.31. The Labute approximate surface area is 152 Å². The van der Waals surface area contributed by atoms with Crippen molar-refractivity contribution in [1.29, 1.82) is 0 Å². The second kappa shape index (κ2) is 6.33. The van der Waals surface area contributed by atoms with Crippen molar-refractivity contribution in [2.24, 2.45) is 5.14 Å². The lowest BCUT2D eigenvalue weighted by Crippen LogP contribution is -2.48. The third kappa shape index (κ3) is 4.33. The zero-order valence-electron chi connectivity index (χ0n) is 13.2. The van der Waals surface area contributed by atoms with E-state index in [1.54, 1.807) is 0 Å². The Kier molecular flexibility index (Phi) is 5.22. The molecule has 0 saturated heterocycles. The molecule has 1 aromatic heterocycles. The van der Waals surface area contributed by atoms with Gasteiger partial charge in [-0.3, -0.25) is 5.32 Å². The minimum atomic E-state index is -4.49. The van der Waals surface area contributed by atoms with E-state index in [0.717, 1.165) is 6.92 Å².